The fourth-order valence-corrected chi connectivity index (χ4v) is 6.06. The zero-order valence-corrected chi connectivity index (χ0v) is 22.3. The quantitative estimate of drug-likeness (QED) is 0.322. The van der Waals surface area contributed by atoms with Gasteiger partial charge in [-0.15, -0.1) is 10.2 Å². The van der Waals surface area contributed by atoms with Crippen molar-refractivity contribution < 1.29 is 9.47 Å². The van der Waals surface area contributed by atoms with Crippen LogP contribution in [0, 0.1) is 0 Å². The number of nitrogens with zero attached hydrogens (tertiary/aromatic N) is 6. The fraction of sp³-hybridized carbons (Fsp3) is 0.517. The standard InChI is InChI=1S/C29H36N6O3/c1-33-28-27(35(29(33)36)22-9-10-23(18-22)37-2)24-17-20(7-11-25(24)31-32-28)21-8-12-26(30-19-21)38-16-6-15-34-13-4-3-5-14-34/h7-8,11-12,17,19,22-23H,3-6,9-10,13-16,18H2,1-2H3/t22-,23-/m1/s1. The van der Waals surface area contributed by atoms with Gasteiger partial charge in [0.15, 0.2) is 5.65 Å². The summed E-state index contributed by atoms with van der Waals surface area (Å²) < 4.78 is 15.0. The van der Waals surface area contributed by atoms with Crippen molar-refractivity contribution in [1.29, 1.82) is 0 Å². The van der Waals surface area contributed by atoms with E-state index in [4.69, 9.17) is 9.47 Å². The van der Waals surface area contributed by atoms with Crippen molar-refractivity contribution in [2.75, 3.05) is 33.4 Å². The number of hydrogen-bond acceptors (Lipinski definition) is 7. The van der Waals surface area contributed by atoms with Crippen molar-refractivity contribution in [3.8, 4) is 17.0 Å². The van der Waals surface area contributed by atoms with Crippen LogP contribution < -0.4 is 10.4 Å². The lowest BCUT2D eigenvalue weighted by molar-refractivity contribution is 0.106. The van der Waals surface area contributed by atoms with E-state index >= 15 is 0 Å². The monoisotopic (exact) mass is 516 g/mol. The van der Waals surface area contributed by atoms with Gasteiger partial charge in [-0.05, 0) is 75.4 Å². The van der Waals surface area contributed by atoms with E-state index in [0.29, 0.717) is 18.1 Å². The van der Waals surface area contributed by atoms with E-state index in [1.165, 1.54) is 32.4 Å². The number of imidazole rings is 1. The summed E-state index contributed by atoms with van der Waals surface area (Å²) in [5, 5.41) is 9.75. The minimum atomic E-state index is -0.0580. The molecule has 200 valence electrons. The maximum atomic E-state index is 13.3. The molecule has 0 amide bonds. The van der Waals surface area contributed by atoms with Crippen molar-refractivity contribution in [3.05, 3.63) is 47.0 Å². The van der Waals surface area contributed by atoms with Crippen LogP contribution in [0.2, 0.25) is 0 Å². The van der Waals surface area contributed by atoms with Crippen LogP contribution in [0.5, 0.6) is 5.88 Å². The van der Waals surface area contributed by atoms with Gasteiger partial charge >= 0.3 is 5.69 Å². The number of ether oxygens (including phenoxy) is 2. The van der Waals surface area contributed by atoms with E-state index in [9.17, 15) is 4.79 Å². The highest BCUT2D eigenvalue weighted by Crippen LogP contribution is 2.35. The van der Waals surface area contributed by atoms with Crippen LogP contribution in [0.4, 0.5) is 0 Å². The highest BCUT2D eigenvalue weighted by Gasteiger charge is 2.30. The Morgan fingerprint density at radius 1 is 1.03 bits per heavy atom. The Bertz CT molecular complexity index is 1470. The molecule has 9 nitrogen and oxygen atoms in total. The molecule has 6 rings (SSSR count). The molecule has 1 aliphatic carbocycles. The molecule has 1 aromatic carbocycles. The molecule has 38 heavy (non-hydrogen) atoms. The molecule has 0 bridgehead atoms. The zero-order valence-electron chi connectivity index (χ0n) is 22.3. The summed E-state index contributed by atoms with van der Waals surface area (Å²) >= 11 is 0. The number of aromatic nitrogens is 5. The highest BCUT2D eigenvalue weighted by atomic mass is 16.5. The maximum absolute atomic E-state index is 13.3. The second-order valence-electron chi connectivity index (χ2n) is 10.6. The lowest BCUT2D eigenvalue weighted by Gasteiger charge is -2.26. The summed E-state index contributed by atoms with van der Waals surface area (Å²) in [5.41, 5.74) is 4.16. The number of likely N-dealkylation sites (tertiary alicyclic amines) is 1. The van der Waals surface area contributed by atoms with Crippen LogP contribution in [0.3, 0.4) is 0 Å². The Morgan fingerprint density at radius 3 is 2.63 bits per heavy atom. The van der Waals surface area contributed by atoms with Gasteiger partial charge < -0.3 is 14.4 Å². The molecule has 4 heterocycles. The molecule has 1 saturated carbocycles. The first-order chi connectivity index (χ1) is 18.6. The molecular formula is C29H36N6O3. The van der Waals surface area contributed by atoms with Gasteiger partial charge in [0.25, 0.3) is 0 Å². The predicted molar refractivity (Wildman–Crippen MR) is 148 cm³/mol. The Kier molecular flexibility index (Phi) is 7.12. The van der Waals surface area contributed by atoms with Gasteiger partial charge in [0, 0.05) is 50.0 Å². The average molecular weight is 517 g/mol. The maximum Gasteiger partial charge on any atom is 0.330 e. The molecule has 2 fully saturated rings. The van der Waals surface area contributed by atoms with Gasteiger partial charge in [-0.1, -0.05) is 12.5 Å². The largest absolute Gasteiger partial charge is 0.478 e. The van der Waals surface area contributed by atoms with Gasteiger partial charge in [0.2, 0.25) is 5.88 Å². The summed E-state index contributed by atoms with van der Waals surface area (Å²) in [6, 6.07) is 10.2. The average Bonchev–Trinajstić information content (AvgIpc) is 3.54. The molecule has 1 aliphatic heterocycles. The van der Waals surface area contributed by atoms with E-state index < -0.39 is 0 Å². The third-order valence-electron chi connectivity index (χ3n) is 8.21. The molecule has 0 radical (unpaired) electrons. The summed E-state index contributed by atoms with van der Waals surface area (Å²) in [5.74, 6) is 0.646. The molecule has 0 unspecified atom stereocenters. The molecule has 4 aromatic rings. The molecule has 0 N–H and O–H groups in total. The first-order valence-corrected chi connectivity index (χ1v) is 13.8. The number of fused-ring (bicyclic) bond motifs is 3. The zero-order chi connectivity index (χ0) is 26.1. The molecule has 9 heteroatoms. The minimum Gasteiger partial charge on any atom is -0.478 e. The summed E-state index contributed by atoms with van der Waals surface area (Å²) in [6.45, 7) is 4.18. The van der Waals surface area contributed by atoms with Crippen molar-refractivity contribution in [2.24, 2.45) is 7.05 Å². The summed E-state index contributed by atoms with van der Waals surface area (Å²) in [4.78, 5) is 20.4. The molecular weight excluding hydrogens is 480 g/mol. The van der Waals surface area contributed by atoms with E-state index in [-0.39, 0.29) is 17.8 Å². The van der Waals surface area contributed by atoms with Crippen molar-refractivity contribution in [3.63, 3.8) is 0 Å². The van der Waals surface area contributed by atoms with Crippen molar-refractivity contribution >= 4 is 22.1 Å². The number of methoxy groups -OCH3 is 1. The van der Waals surface area contributed by atoms with Gasteiger partial charge in [-0.25, -0.2) is 9.78 Å². The van der Waals surface area contributed by atoms with E-state index in [1.54, 1.807) is 18.7 Å². The lowest BCUT2D eigenvalue weighted by atomic mass is 10.0. The van der Waals surface area contributed by atoms with Crippen LogP contribution in [0.25, 0.3) is 33.2 Å². The number of pyridine rings is 1. The molecule has 0 spiro atoms. The van der Waals surface area contributed by atoms with Crippen molar-refractivity contribution in [2.45, 2.75) is 57.1 Å². The summed E-state index contributed by atoms with van der Waals surface area (Å²) in [6.07, 6.45) is 9.70. The third-order valence-corrected chi connectivity index (χ3v) is 8.21. The van der Waals surface area contributed by atoms with E-state index in [2.05, 4.69) is 26.1 Å². The van der Waals surface area contributed by atoms with Crippen LogP contribution in [0.15, 0.2) is 41.3 Å². The SMILES string of the molecule is CO[C@@H]1CC[C@@H](n2c(=O)n(C)c3nnc4ccc(-c5ccc(OCCCN6CCCCC6)nc5)cc4c32)C1. The number of benzene rings is 1. The molecule has 3 aromatic heterocycles. The summed E-state index contributed by atoms with van der Waals surface area (Å²) in [7, 11) is 3.51. The Morgan fingerprint density at radius 2 is 1.87 bits per heavy atom. The number of piperidine rings is 1. The molecule has 2 aliphatic rings. The van der Waals surface area contributed by atoms with Crippen LogP contribution in [-0.4, -0.2) is 68.7 Å². The smallest absolute Gasteiger partial charge is 0.330 e. The highest BCUT2D eigenvalue weighted by molar-refractivity contribution is 6.02. The van der Waals surface area contributed by atoms with Crippen LogP contribution in [0.1, 0.15) is 51.0 Å². The predicted octanol–water partition coefficient (Wildman–Crippen LogP) is 4.34. The third kappa shape index (κ3) is 4.80. The van der Waals surface area contributed by atoms with E-state index in [1.807, 2.05) is 35.0 Å². The Hall–Kier alpha value is -3.30. The molecule has 2 atom stereocenters. The Labute approximate surface area is 222 Å². The van der Waals surface area contributed by atoms with Gasteiger partial charge in [0.05, 0.1) is 18.2 Å². The number of hydrogen-bond donors (Lipinski definition) is 0. The minimum absolute atomic E-state index is 0.0580. The number of aryl methyl sites for hydroxylation is 1. The number of rotatable bonds is 8. The fourth-order valence-electron chi connectivity index (χ4n) is 6.06. The second-order valence-corrected chi connectivity index (χ2v) is 10.6. The lowest BCUT2D eigenvalue weighted by Crippen LogP contribution is -2.31. The Balaban J connectivity index is 1.24. The first kappa shape index (κ1) is 25.0. The molecule has 1 saturated heterocycles. The van der Waals surface area contributed by atoms with Crippen molar-refractivity contribution in [1.82, 2.24) is 29.2 Å². The van der Waals surface area contributed by atoms with E-state index in [0.717, 1.165) is 59.8 Å². The van der Waals surface area contributed by atoms with Gasteiger partial charge in [-0.3, -0.25) is 9.13 Å². The normalized spacial score (nSPS) is 20.5. The van der Waals surface area contributed by atoms with Gasteiger partial charge in [-0.2, -0.15) is 0 Å². The topological polar surface area (TPSA) is 87.3 Å². The second kappa shape index (κ2) is 10.8. The van der Waals surface area contributed by atoms with Crippen LogP contribution in [-0.2, 0) is 11.8 Å². The van der Waals surface area contributed by atoms with Crippen LogP contribution >= 0.6 is 0 Å². The van der Waals surface area contributed by atoms with Gasteiger partial charge in [0.1, 0.15) is 5.52 Å². The first-order valence-electron chi connectivity index (χ1n) is 13.8.